The van der Waals surface area contributed by atoms with Crippen LogP contribution in [0.15, 0.2) is 29.2 Å². The Morgan fingerprint density at radius 2 is 1.50 bits per heavy atom. The second-order valence-electron chi connectivity index (χ2n) is 4.18. The van der Waals surface area contributed by atoms with E-state index in [-0.39, 0.29) is 16.0 Å². The first-order chi connectivity index (χ1) is 9.31. The Bertz CT molecular complexity index is 839. The minimum Gasteiger partial charge on any atom is -0.504 e. The van der Waals surface area contributed by atoms with Gasteiger partial charge in [-0.1, -0.05) is 0 Å². The van der Waals surface area contributed by atoms with Crippen molar-refractivity contribution in [3.63, 3.8) is 0 Å². The Balaban J connectivity index is 2.45. The monoisotopic (exact) mass is 296 g/mol. The van der Waals surface area contributed by atoms with Gasteiger partial charge < -0.3 is 24.6 Å². The molecule has 0 aromatic heterocycles. The molecule has 0 radical (unpaired) electrons. The molecule has 4 N–H and O–H groups in total. The highest BCUT2D eigenvalue weighted by Crippen LogP contribution is 2.50. The summed E-state index contributed by atoms with van der Waals surface area (Å²) >= 11 is 0. The maximum atomic E-state index is 12.0. The van der Waals surface area contributed by atoms with Gasteiger partial charge in [-0.25, -0.2) is 0 Å². The van der Waals surface area contributed by atoms with Crippen LogP contribution in [-0.2, 0) is 10.1 Å². The van der Waals surface area contributed by atoms with Gasteiger partial charge in [0, 0.05) is 17.2 Å². The van der Waals surface area contributed by atoms with Crippen LogP contribution >= 0.6 is 0 Å². The van der Waals surface area contributed by atoms with E-state index in [9.17, 15) is 28.8 Å². The Kier molecular flexibility index (Phi) is 2.30. The summed E-state index contributed by atoms with van der Waals surface area (Å²) in [4.78, 5) is -0.342. The van der Waals surface area contributed by atoms with Crippen molar-refractivity contribution < 1.29 is 33.0 Å². The minimum absolute atomic E-state index is 0.0526. The number of hydrogen-bond acceptors (Lipinski definition) is 7. The maximum Gasteiger partial charge on any atom is 0.340 e. The second kappa shape index (κ2) is 3.70. The molecule has 0 bridgehead atoms. The third-order valence-electron chi connectivity index (χ3n) is 2.94. The zero-order chi connectivity index (χ0) is 14.7. The Morgan fingerprint density at radius 1 is 0.850 bits per heavy atom. The molecule has 0 unspecified atom stereocenters. The van der Waals surface area contributed by atoms with Gasteiger partial charge in [-0.3, -0.25) is 0 Å². The minimum atomic E-state index is -4.28. The van der Waals surface area contributed by atoms with Crippen LogP contribution in [0.5, 0.6) is 28.7 Å². The molecule has 0 atom stereocenters. The third kappa shape index (κ3) is 1.55. The number of phenolic OH excluding ortho intramolecular Hbond substituents is 4. The average molecular weight is 296 g/mol. The summed E-state index contributed by atoms with van der Waals surface area (Å²) in [5, 5.41) is 37.9. The summed E-state index contributed by atoms with van der Waals surface area (Å²) in [5.41, 5.74) is 0.220. The molecule has 2 aromatic rings. The van der Waals surface area contributed by atoms with Gasteiger partial charge >= 0.3 is 10.1 Å². The fourth-order valence-electron chi connectivity index (χ4n) is 1.99. The van der Waals surface area contributed by atoms with E-state index in [0.29, 0.717) is 0 Å². The van der Waals surface area contributed by atoms with Crippen molar-refractivity contribution >= 4 is 10.1 Å². The summed E-state index contributed by atoms with van der Waals surface area (Å²) < 4.78 is 28.6. The first-order valence-corrected chi connectivity index (χ1v) is 6.78. The maximum absolute atomic E-state index is 12.0. The van der Waals surface area contributed by atoms with Gasteiger partial charge in [0.2, 0.25) is 5.75 Å². The van der Waals surface area contributed by atoms with Gasteiger partial charge in [0.25, 0.3) is 0 Å². The van der Waals surface area contributed by atoms with Gasteiger partial charge in [-0.2, -0.15) is 8.42 Å². The van der Waals surface area contributed by atoms with Gasteiger partial charge in [-0.15, -0.1) is 0 Å². The fourth-order valence-corrected chi connectivity index (χ4v) is 3.16. The molecule has 0 spiro atoms. The molecule has 20 heavy (non-hydrogen) atoms. The largest absolute Gasteiger partial charge is 0.504 e. The van der Waals surface area contributed by atoms with Crippen molar-refractivity contribution in [2.45, 2.75) is 4.90 Å². The average Bonchev–Trinajstić information content (AvgIpc) is 2.37. The van der Waals surface area contributed by atoms with Crippen LogP contribution in [0.2, 0.25) is 0 Å². The number of benzene rings is 2. The fraction of sp³-hybridized carbons (Fsp3) is 0. The van der Waals surface area contributed by atoms with Crippen LogP contribution in [0.25, 0.3) is 11.1 Å². The summed E-state index contributed by atoms with van der Waals surface area (Å²) in [6.45, 7) is 0. The summed E-state index contributed by atoms with van der Waals surface area (Å²) in [6.07, 6.45) is 0. The Morgan fingerprint density at radius 3 is 2.20 bits per heavy atom. The number of rotatable bonds is 0. The van der Waals surface area contributed by atoms with Crippen LogP contribution in [0.3, 0.4) is 0 Å². The summed E-state index contributed by atoms with van der Waals surface area (Å²) in [5.74, 6) is -2.81. The second-order valence-corrected chi connectivity index (χ2v) is 5.70. The molecule has 0 aliphatic carbocycles. The molecule has 1 aliphatic rings. The van der Waals surface area contributed by atoms with Crippen LogP contribution in [-0.4, -0.2) is 28.8 Å². The molecule has 0 amide bonds. The van der Waals surface area contributed by atoms with Crippen molar-refractivity contribution in [1.29, 1.82) is 0 Å². The lowest BCUT2D eigenvalue weighted by Crippen LogP contribution is -2.16. The normalized spacial score (nSPS) is 15.0. The highest BCUT2D eigenvalue weighted by atomic mass is 32.2. The summed E-state index contributed by atoms with van der Waals surface area (Å²) in [7, 11) is -4.28. The number of hydrogen-bond donors (Lipinski definition) is 4. The lowest BCUT2D eigenvalue weighted by Gasteiger charge is -2.21. The van der Waals surface area contributed by atoms with E-state index in [1.54, 1.807) is 0 Å². The van der Waals surface area contributed by atoms with Crippen LogP contribution in [0.1, 0.15) is 0 Å². The van der Waals surface area contributed by atoms with E-state index in [0.717, 1.165) is 18.2 Å². The van der Waals surface area contributed by atoms with Crippen LogP contribution < -0.4 is 4.18 Å². The molecule has 1 aliphatic heterocycles. The van der Waals surface area contributed by atoms with Crippen LogP contribution in [0.4, 0.5) is 0 Å². The van der Waals surface area contributed by atoms with Crippen molar-refractivity contribution in [1.82, 2.24) is 0 Å². The number of phenols is 4. The molecule has 2 aromatic carbocycles. The molecule has 8 heteroatoms. The van der Waals surface area contributed by atoms with E-state index in [4.69, 9.17) is 4.18 Å². The zero-order valence-electron chi connectivity index (χ0n) is 9.73. The standard InChI is InChI=1S/C12H8O7S/c13-7-2-1-5-6-3-8(14)9(15)4-10(6)20(17,18)19-12(5)11(7)16/h1-4,13-16H. The highest BCUT2D eigenvalue weighted by molar-refractivity contribution is 7.87. The van der Waals surface area contributed by atoms with Gasteiger partial charge in [0.15, 0.2) is 23.0 Å². The molecule has 7 nitrogen and oxygen atoms in total. The lowest BCUT2D eigenvalue weighted by molar-refractivity contribution is 0.382. The molecule has 0 fully saturated rings. The van der Waals surface area contributed by atoms with E-state index >= 15 is 0 Å². The van der Waals surface area contributed by atoms with Crippen molar-refractivity contribution in [2.75, 3.05) is 0 Å². The predicted molar refractivity (Wildman–Crippen MR) is 66.4 cm³/mol. The first kappa shape index (κ1) is 12.4. The van der Waals surface area contributed by atoms with Gasteiger partial charge in [0.1, 0.15) is 4.90 Å². The van der Waals surface area contributed by atoms with Gasteiger partial charge in [-0.05, 0) is 18.2 Å². The van der Waals surface area contributed by atoms with E-state index < -0.39 is 38.9 Å². The Hall–Kier alpha value is -2.61. The summed E-state index contributed by atoms with van der Waals surface area (Å²) in [6, 6.07) is 4.38. The molecular weight excluding hydrogens is 288 g/mol. The number of aromatic hydroxyl groups is 4. The first-order valence-electron chi connectivity index (χ1n) is 5.37. The van der Waals surface area contributed by atoms with Crippen molar-refractivity contribution in [3.8, 4) is 39.9 Å². The molecule has 0 saturated heterocycles. The van der Waals surface area contributed by atoms with E-state index in [2.05, 4.69) is 0 Å². The topological polar surface area (TPSA) is 124 Å². The van der Waals surface area contributed by atoms with Crippen molar-refractivity contribution in [2.24, 2.45) is 0 Å². The van der Waals surface area contributed by atoms with Gasteiger partial charge in [0.05, 0.1) is 0 Å². The quantitative estimate of drug-likeness (QED) is 0.426. The smallest absolute Gasteiger partial charge is 0.340 e. The molecule has 0 saturated carbocycles. The van der Waals surface area contributed by atoms with E-state index in [1.165, 1.54) is 6.07 Å². The van der Waals surface area contributed by atoms with Crippen molar-refractivity contribution in [3.05, 3.63) is 24.3 Å². The molecular formula is C12H8O7S. The lowest BCUT2D eigenvalue weighted by atomic mass is 10.0. The molecule has 3 rings (SSSR count). The van der Waals surface area contributed by atoms with Crippen LogP contribution in [0, 0.1) is 0 Å². The highest BCUT2D eigenvalue weighted by Gasteiger charge is 2.33. The predicted octanol–water partition coefficient (Wildman–Crippen LogP) is 1.26. The SMILES string of the molecule is O=S1(=O)Oc2c(ccc(O)c2O)-c2cc(O)c(O)cc21. The Labute approximate surface area is 113 Å². The zero-order valence-corrected chi connectivity index (χ0v) is 10.5. The van der Waals surface area contributed by atoms with E-state index in [1.807, 2.05) is 0 Å². The third-order valence-corrected chi connectivity index (χ3v) is 4.20. The molecule has 104 valence electrons. The molecule has 1 heterocycles. The number of fused-ring (bicyclic) bond motifs is 3.